The lowest BCUT2D eigenvalue weighted by Gasteiger charge is -2.01. The Kier molecular flexibility index (Phi) is 4.24. The van der Waals surface area contributed by atoms with Gasteiger partial charge in [-0.2, -0.15) is 0 Å². The van der Waals surface area contributed by atoms with E-state index in [0.717, 1.165) is 4.88 Å². The van der Waals surface area contributed by atoms with Crippen molar-refractivity contribution < 1.29 is 14.7 Å². The van der Waals surface area contributed by atoms with Crippen LogP contribution >= 0.6 is 11.3 Å². The van der Waals surface area contributed by atoms with Gasteiger partial charge in [0, 0.05) is 11.1 Å². The van der Waals surface area contributed by atoms with Crippen LogP contribution in [0.5, 0.6) is 0 Å². The average Bonchev–Trinajstić information content (AvgIpc) is 2.63. The number of carboxylic acid groups (broad SMARTS) is 1. The maximum atomic E-state index is 11.2. The Morgan fingerprint density at radius 3 is 2.75 bits per heavy atom. The molecule has 0 saturated carbocycles. The highest BCUT2D eigenvalue weighted by Crippen LogP contribution is 2.24. The number of rotatable bonds is 4. The summed E-state index contributed by atoms with van der Waals surface area (Å²) in [5.41, 5.74) is 0. The van der Waals surface area contributed by atoms with Crippen molar-refractivity contribution in [1.29, 1.82) is 0 Å². The molecule has 1 heterocycles. The highest BCUT2D eigenvalue weighted by atomic mass is 32.1. The minimum Gasteiger partial charge on any atom is -0.465 e. The molecule has 0 aliphatic carbocycles. The van der Waals surface area contributed by atoms with Crippen LogP contribution in [0.15, 0.2) is 6.20 Å². The summed E-state index contributed by atoms with van der Waals surface area (Å²) < 4.78 is 0. The van der Waals surface area contributed by atoms with E-state index in [1.807, 2.05) is 19.2 Å². The number of nitrogens with one attached hydrogen (secondary N) is 2. The first-order valence-corrected chi connectivity index (χ1v) is 5.53. The van der Waals surface area contributed by atoms with Crippen LogP contribution in [0.2, 0.25) is 0 Å². The molecule has 0 saturated heterocycles. The Bertz CT molecular complexity index is 389. The summed E-state index contributed by atoms with van der Waals surface area (Å²) in [6.07, 6.45) is 0.479. The molecule has 6 nitrogen and oxygen atoms in total. The highest BCUT2D eigenvalue weighted by Gasteiger charge is 2.09. The van der Waals surface area contributed by atoms with Gasteiger partial charge in [0.15, 0.2) is 5.13 Å². The van der Waals surface area contributed by atoms with E-state index < -0.39 is 12.0 Å². The van der Waals surface area contributed by atoms with Crippen LogP contribution in [-0.2, 0) is 4.79 Å². The third kappa shape index (κ3) is 3.85. The van der Waals surface area contributed by atoms with Gasteiger partial charge in [0.2, 0.25) is 5.91 Å². The maximum Gasteiger partial charge on any atom is 0.405 e. The van der Waals surface area contributed by atoms with Crippen LogP contribution in [0.3, 0.4) is 0 Å². The molecule has 1 aromatic rings. The summed E-state index contributed by atoms with van der Waals surface area (Å²) in [6.45, 7) is 3.79. The zero-order valence-electron chi connectivity index (χ0n) is 8.98. The molecular formula is C9H13N3O3S. The van der Waals surface area contributed by atoms with Crippen molar-refractivity contribution in [1.82, 2.24) is 10.3 Å². The summed E-state index contributed by atoms with van der Waals surface area (Å²) in [5.74, 6) is -0.0626. The zero-order valence-corrected chi connectivity index (χ0v) is 9.80. The highest BCUT2D eigenvalue weighted by molar-refractivity contribution is 7.15. The molecule has 7 heteroatoms. The first kappa shape index (κ1) is 12.4. The number of hydrogen-bond acceptors (Lipinski definition) is 4. The van der Waals surface area contributed by atoms with Crippen LogP contribution in [0, 0.1) is 0 Å². The topological polar surface area (TPSA) is 91.3 Å². The number of nitrogens with zero attached hydrogens (tertiary/aromatic N) is 1. The van der Waals surface area contributed by atoms with Gasteiger partial charge in [0.1, 0.15) is 6.54 Å². The van der Waals surface area contributed by atoms with Gasteiger partial charge in [-0.1, -0.05) is 13.8 Å². The van der Waals surface area contributed by atoms with E-state index in [0.29, 0.717) is 11.0 Å². The van der Waals surface area contributed by atoms with E-state index in [9.17, 15) is 9.59 Å². The quantitative estimate of drug-likeness (QED) is 0.746. The van der Waals surface area contributed by atoms with Gasteiger partial charge < -0.3 is 15.7 Å². The molecule has 88 valence electrons. The number of carbonyl (C=O) groups excluding carboxylic acids is 1. The molecule has 0 aliphatic rings. The van der Waals surface area contributed by atoms with Crippen molar-refractivity contribution in [3.63, 3.8) is 0 Å². The van der Waals surface area contributed by atoms with E-state index >= 15 is 0 Å². The fourth-order valence-corrected chi connectivity index (χ4v) is 1.77. The number of thiazole rings is 1. The van der Waals surface area contributed by atoms with Gasteiger partial charge in [-0.3, -0.25) is 4.79 Å². The lowest BCUT2D eigenvalue weighted by Crippen LogP contribution is -2.31. The minimum atomic E-state index is -1.22. The fourth-order valence-electron chi connectivity index (χ4n) is 0.931. The van der Waals surface area contributed by atoms with Gasteiger partial charge in [-0.25, -0.2) is 9.78 Å². The molecule has 3 N–H and O–H groups in total. The molecule has 0 bridgehead atoms. The van der Waals surface area contributed by atoms with Crippen LogP contribution in [-0.4, -0.2) is 28.6 Å². The number of amides is 2. The average molecular weight is 243 g/mol. The molecule has 0 atom stereocenters. The molecule has 0 fully saturated rings. The largest absolute Gasteiger partial charge is 0.465 e. The van der Waals surface area contributed by atoms with Gasteiger partial charge in [0.05, 0.1) is 0 Å². The molecule has 0 aromatic carbocycles. The fraction of sp³-hybridized carbons (Fsp3) is 0.444. The summed E-state index contributed by atoms with van der Waals surface area (Å²) in [6, 6.07) is 0. The number of aromatic nitrogens is 1. The van der Waals surface area contributed by atoms with Gasteiger partial charge in [-0.05, 0) is 5.92 Å². The summed E-state index contributed by atoms with van der Waals surface area (Å²) in [5, 5.41) is 13.3. The van der Waals surface area contributed by atoms with Crippen LogP contribution in [0.1, 0.15) is 24.6 Å². The predicted molar refractivity (Wildman–Crippen MR) is 60.9 cm³/mol. The standard InChI is InChI=1S/C9H13N3O3S/c1-5(2)6-3-10-8(16-6)12-7(13)4-11-9(14)15/h3,5,11H,4H2,1-2H3,(H,14,15)(H,10,12,13). The van der Waals surface area contributed by atoms with Gasteiger partial charge in [0.25, 0.3) is 0 Å². The predicted octanol–water partition coefficient (Wildman–Crippen LogP) is 1.47. The second-order valence-electron chi connectivity index (χ2n) is 3.43. The lowest BCUT2D eigenvalue weighted by molar-refractivity contribution is -0.115. The smallest absolute Gasteiger partial charge is 0.405 e. The van der Waals surface area contributed by atoms with Crippen LogP contribution in [0.4, 0.5) is 9.93 Å². The van der Waals surface area contributed by atoms with Crippen molar-refractivity contribution >= 4 is 28.5 Å². The molecule has 16 heavy (non-hydrogen) atoms. The summed E-state index contributed by atoms with van der Waals surface area (Å²) >= 11 is 1.39. The summed E-state index contributed by atoms with van der Waals surface area (Å²) in [7, 11) is 0. The van der Waals surface area contributed by atoms with Crippen LogP contribution < -0.4 is 10.6 Å². The Hall–Kier alpha value is -1.63. The zero-order chi connectivity index (χ0) is 12.1. The second-order valence-corrected chi connectivity index (χ2v) is 4.49. The van der Waals surface area contributed by atoms with E-state index in [-0.39, 0.29) is 6.54 Å². The van der Waals surface area contributed by atoms with E-state index in [1.165, 1.54) is 11.3 Å². The minimum absolute atomic E-state index is 0.272. The first-order valence-electron chi connectivity index (χ1n) is 4.71. The SMILES string of the molecule is CC(C)c1cnc(NC(=O)CNC(=O)O)s1. The summed E-state index contributed by atoms with van der Waals surface area (Å²) in [4.78, 5) is 26.5. The van der Waals surface area contributed by atoms with Crippen molar-refractivity contribution in [2.75, 3.05) is 11.9 Å². The monoisotopic (exact) mass is 243 g/mol. The molecule has 1 rings (SSSR count). The molecule has 2 amide bonds. The third-order valence-electron chi connectivity index (χ3n) is 1.74. The van der Waals surface area contributed by atoms with Crippen molar-refractivity contribution in [3.8, 4) is 0 Å². The van der Waals surface area contributed by atoms with E-state index in [4.69, 9.17) is 5.11 Å². The van der Waals surface area contributed by atoms with Gasteiger partial charge >= 0.3 is 6.09 Å². The maximum absolute atomic E-state index is 11.2. The molecule has 0 spiro atoms. The first-order chi connectivity index (χ1) is 7.49. The van der Waals surface area contributed by atoms with Crippen LogP contribution in [0.25, 0.3) is 0 Å². The van der Waals surface area contributed by atoms with Gasteiger partial charge in [-0.15, -0.1) is 11.3 Å². The van der Waals surface area contributed by atoms with Crippen molar-refractivity contribution in [2.45, 2.75) is 19.8 Å². The molecule has 0 unspecified atom stereocenters. The number of anilines is 1. The Morgan fingerprint density at radius 2 is 2.25 bits per heavy atom. The Labute approximate surface area is 96.7 Å². The normalized spacial score (nSPS) is 10.2. The Morgan fingerprint density at radius 1 is 1.56 bits per heavy atom. The lowest BCUT2D eigenvalue weighted by atomic mass is 10.2. The van der Waals surface area contributed by atoms with E-state index in [2.05, 4.69) is 10.3 Å². The van der Waals surface area contributed by atoms with Crippen molar-refractivity contribution in [3.05, 3.63) is 11.1 Å². The van der Waals surface area contributed by atoms with E-state index in [1.54, 1.807) is 6.20 Å². The second kappa shape index (κ2) is 5.45. The Balaban J connectivity index is 2.46. The van der Waals surface area contributed by atoms with Crippen molar-refractivity contribution in [2.24, 2.45) is 0 Å². The molecule has 0 aliphatic heterocycles. The molecular weight excluding hydrogens is 230 g/mol. The number of carbonyl (C=O) groups is 2. The number of hydrogen-bond donors (Lipinski definition) is 3. The third-order valence-corrected chi connectivity index (χ3v) is 2.95. The molecule has 0 radical (unpaired) electrons. The molecule has 1 aromatic heterocycles.